The second-order valence-corrected chi connectivity index (χ2v) is 30.5. The molecule has 4 heterocycles. The van der Waals surface area contributed by atoms with Crippen molar-refractivity contribution in [2.24, 2.45) is 0 Å². The molecule has 0 saturated heterocycles. The van der Waals surface area contributed by atoms with Gasteiger partial charge in [-0.15, -0.1) is 18.2 Å². The van der Waals surface area contributed by atoms with Gasteiger partial charge in [0.2, 0.25) is 0 Å². The number of aryl methyl sites for hydroxylation is 1. The molecule has 10 rings (SSSR count). The predicted octanol–water partition coefficient (Wildman–Crippen LogP) is 15.6. The van der Waals surface area contributed by atoms with Crippen molar-refractivity contribution in [2.45, 2.75) is 102 Å². The molecule has 0 atom stereocenters. The van der Waals surface area contributed by atoms with Crippen molar-refractivity contribution in [2.75, 3.05) is 0 Å². The first kappa shape index (κ1) is 45.8. The van der Waals surface area contributed by atoms with E-state index in [0.717, 1.165) is 50.1 Å². The molecular weight excluding hydrogens is 1040 g/mol. The fourth-order valence-electron chi connectivity index (χ4n) is 9.47. The van der Waals surface area contributed by atoms with E-state index in [1.807, 2.05) is 18.2 Å². The van der Waals surface area contributed by atoms with Crippen molar-refractivity contribution >= 4 is 60.3 Å². The van der Waals surface area contributed by atoms with Gasteiger partial charge < -0.3 is 4.57 Å². The zero-order valence-electron chi connectivity index (χ0n) is 38.4. The maximum absolute atomic E-state index is 5.30. The zero-order chi connectivity index (χ0) is 43.8. The summed E-state index contributed by atoms with van der Waals surface area (Å²) in [6, 6.07) is 50.0. The molecule has 9 aromatic rings. The van der Waals surface area contributed by atoms with Gasteiger partial charge >= 0.3 is 137 Å². The van der Waals surface area contributed by atoms with Crippen LogP contribution in [0.3, 0.4) is 0 Å². The van der Waals surface area contributed by atoms with Gasteiger partial charge in [-0.25, -0.2) is 4.98 Å². The third kappa shape index (κ3) is 9.22. The van der Waals surface area contributed by atoms with Crippen LogP contribution >= 0.6 is 11.3 Å². The van der Waals surface area contributed by atoms with Gasteiger partial charge in [-0.1, -0.05) is 87.2 Å². The van der Waals surface area contributed by atoms with E-state index in [0.29, 0.717) is 11.8 Å². The molecule has 1 radical (unpaired) electrons. The van der Waals surface area contributed by atoms with Crippen LogP contribution in [0.15, 0.2) is 128 Å². The van der Waals surface area contributed by atoms with Crippen LogP contribution in [0.25, 0.3) is 70.8 Å². The number of imidazole rings is 1. The second-order valence-electron chi connectivity index (χ2n) is 19.0. The predicted molar refractivity (Wildman–Crippen MR) is 272 cm³/mol. The first-order valence-electron chi connectivity index (χ1n) is 22.9. The van der Waals surface area contributed by atoms with Crippen molar-refractivity contribution in [3.63, 3.8) is 0 Å². The van der Waals surface area contributed by atoms with Crippen molar-refractivity contribution in [1.29, 1.82) is 0 Å². The number of benzene rings is 5. The number of rotatable bonds is 8. The van der Waals surface area contributed by atoms with Gasteiger partial charge in [-0.05, 0) is 81.4 Å². The van der Waals surface area contributed by atoms with E-state index in [1.54, 1.807) is 21.3 Å². The SMILES string of the molecule is Cc1ccc2c(n1)sc1c(-c3nc4ccccc4n3-c3c(C(C)C)cc(-c4ccccc4)cc3C(C)C)[c-]ccc12.[CH3][Ge]([CH3])([CH3])[c]1cnc(-c2[c-]cccc2)cc1C1CCCCC1.[Ir]. The van der Waals surface area contributed by atoms with Crippen molar-refractivity contribution < 1.29 is 20.1 Å². The van der Waals surface area contributed by atoms with Crippen LogP contribution < -0.4 is 4.40 Å². The summed E-state index contributed by atoms with van der Waals surface area (Å²) in [6.07, 6.45) is 9.08. The molecule has 1 saturated carbocycles. The van der Waals surface area contributed by atoms with Crippen molar-refractivity contribution in [1.82, 2.24) is 19.5 Å². The maximum Gasteiger partial charge on any atom is 0 e. The average Bonchev–Trinajstić information content (AvgIpc) is 3.87. The van der Waals surface area contributed by atoms with Crippen LogP contribution in [-0.2, 0) is 20.1 Å². The summed E-state index contributed by atoms with van der Waals surface area (Å²) in [7, 11) is 0. The summed E-state index contributed by atoms with van der Waals surface area (Å²) >= 11 is -0.151. The molecule has 0 N–H and O–H groups in total. The number of fused-ring (bicyclic) bond motifs is 4. The van der Waals surface area contributed by atoms with Crippen LogP contribution in [0.1, 0.15) is 99.9 Å². The first-order chi connectivity index (χ1) is 30.5. The largest absolute Gasteiger partial charge is 0 e. The number of para-hydroxylation sites is 2. The molecule has 5 aromatic carbocycles. The summed E-state index contributed by atoms with van der Waals surface area (Å²) in [4.78, 5) is 16.0. The van der Waals surface area contributed by atoms with E-state index in [-0.39, 0.29) is 20.1 Å². The molecule has 0 amide bonds. The molecule has 4 aromatic heterocycles. The number of thiophene rings is 1. The first-order valence-corrected chi connectivity index (χ1v) is 31.0. The molecule has 1 fully saturated rings. The Bertz CT molecular complexity index is 3020. The Kier molecular flexibility index (Phi) is 13.9. The van der Waals surface area contributed by atoms with Gasteiger partial charge in [-0.2, -0.15) is 11.3 Å². The molecule has 1 aliphatic rings. The third-order valence-corrected chi connectivity index (χ3v) is 18.1. The quantitative estimate of drug-likeness (QED) is 0.112. The molecule has 0 aliphatic heterocycles. The van der Waals surface area contributed by atoms with E-state index < -0.39 is 13.3 Å². The normalized spacial score (nSPS) is 13.4. The van der Waals surface area contributed by atoms with Crippen molar-refractivity contribution in [3.8, 4) is 39.5 Å². The molecule has 4 nitrogen and oxygen atoms in total. The third-order valence-electron chi connectivity index (χ3n) is 12.7. The van der Waals surface area contributed by atoms with E-state index in [4.69, 9.17) is 15.0 Å². The van der Waals surface area contributed by atoms with E-state index in [1.165, 1.54) is 75.5 Å². The molecule has 0 spiro atoms. The average molecular weight is 1100 g/mol. The Morgan fingerprint density at radius 1 is 0.703 bits per heavy atom. The standard InChI is InChI=1S/C37H32N3S.C20H26GeN.Ir/c1-22(2)30-20-26(25-12-7-6-8-13-25)21-31(23(3)4)34(30)40-33-17-10-9-16-32(33)39-36(40)29-15-11-14-27-28-19-18-24(5)38-37(28)41-35(27)29;1-21(2,3)19-15-22-20(17-12-8-5-9-13-17)14-18(19)16-10-6-4-7-11-16;/h6-14,16-23H,1-5H3;5,8-9,12,14-16H,4,6-7,10-11H2,1-3H3;/q2*-1;. The van der Waals surface area contributed by atoms with Gasteiger partial charge in [0.25, 0.3) is 0 Å². The number of hydrogen-bond acceptors (Lipinski definition) is 4. The second kappa shape index (κ2) is 19.4. The van der Waals surface area contributed by atoms with E-state index in [9.17, 15) is 0 Å². The minimum Gasteiger partial charge on any atom is 0 e. The van der Waals surface area contributed by atoms with Gasteiger partial charge in [-0.3, -0.25) is 4.98 Å². The van der Waals surface area contributed by atoms with Crippen LogP contribution in [-0.4, -0.2) is 32.8 Å². The number of hydrogen-bond donors (Lipinski definition) is 0. The molecule has 1 aliphatic carbocycles. The maximum atomic E-state index is 5.30. The summed E-state index contributed by atoms with van der Waals surface area (Å²) in [5, 5.41) is 2.39. The molecule has 327 valence electrons. The Hall–Kier alpha value is -4.72. The minimum atomic E-state index is -1.89. The number of pyridine rings is 2. The molecule has 64 heavy (non-hydrogen) atoms. The topological polar surface area (TPSA) is 43.6 Å². The van der Waals surface area contributed by atoms with Crippen LogP contribution in [0.5, 0.6) is 0 Å². The van der Waals surface area contributed by atoms with E-state index in [2.05, 4.69) is 178 Å². The monoisotopic (exact) mass is 1100 g/mol. The fraction of sp³-hybridized carbons (Fsp3) is 0.281. The Morgan fingerprint density at radius 3 is 2.09 bits per heavy atom. The summed E-state index contributed by atoms with van der Waals surface area (Å²) in [6.45, 7) is 11.2. The molecule has 0 bridgehead atoms. The summed E-state index contributed by atoms with van der Waals surface area (Å²) in [5.74, 6) is 9.76. The molecule has 0 unspecified atom stereocenters. The Morgan fingerprint density at radius 2 is 1.41 bits per heavy atom. The summed E-state index contributed by atoms with van der Waals surface area (Å²) < 4.78 is 5.19. The van der Waals surface area contributed by atoms with Gasteiger partial charge in [0, 0.05) is 31.5 Å². The van der Waals surface area contributed by atoms with Gasteiger partial charge in [0.05, 0.1) is 16.9 Å². The number of aromatic nitrogens is 4. The van der Waals surface area contributed by atoms with Crippen molar-refractivity contribution in [3.05, 3.63) is 162 Å². The fourth-order valence-corrected chi connectivity index (χ4v) is 14.0. The van der Waals surface area contributed by atoms with Gasteiger partial charge in [0.15, 0.2) is 0 Å². The van der Waals surface area contributed by atoms with Crippen LogP contribution in [0, 0.1) is 19.1 Å². The van der Waals surface area contributed by atoms with Crippen LogP contribution in [0.2, 0.25) is 17.3 Å². The molecule has 7 heteroatoms. The van der Waals surface area contributed by atoms with E-state index >= 15 is 0 Å². The smallest absolute Gasteiger partial charge is 0 e. The summed E-state index contributed by atoms with van der Waals surface area (Å²) in [5.41, 5.74) is 14.3. The van der Waals surface area contributed by atoms with Crippen LogP contribution in [0.4, 0.5) is 0 Å². The molecular formula is C57H58GeIrN4S-2. The van der Waals surface area contributed by atoms with Gasteiger partial charge in [0.1, 0.15) is 4.83 Å². The number of nitrogens with zero attached hydrogens (tertiary/aromatic N) is 4. The Balaban J connectivity index is 0.000000206. The Labute approximate surface area is 400 Å². The minimum absolute atomic E-state index is 0. The zero-order valence-corrected chi connectivity index (χ0v) is 43.7.